The highest BCUT2D eigenvalue weighted by Crippen LogP contribution is 2.28. The smallest absolute Gasteiger partial charge is 0.281 e. The molecule has 0 amide bonds. The zero-order chi connectivity index (χ0) is 23.5. The van der Waals surface area contributed by atoms with Crippen molar-refractivity contribution in [2.75, 3.05) is 13.7 Å². The minimum Gasteiger partial charge on any atom is -0.472 e. The average molecular weight is 470 g/mol. The Bertz CT molecular complexity index is 1400. The van der Waals surface area contributed by atoms with Crippen molar-refractivity contribution in [1.82, 2.24) is 20.1 Å². The lowest BCUT2D eigenvalue weighted by atomic mass is 10.0. The fourth-order valence-corrected chi connectivity index (χ4v) is 3.51. The van der Waals surface area contributed by atoms with Crippen LogP contribution in [0.3, 0.4) is 0 Å². The van der Waals surface area contributed by atoms with Gasteiger partial charge < -0.3 is 15.5 Å². The number of nitrogens with zero attached hydrogens (tertiary/aromatic N) is 3. The Morgan fingerprint density at radius 1 is 1.27 bits per heavy atom. The molecule has 0 saturated carbocycles. The van der Waals surface area contributed by atoms with Crippen LogP contribution in [0.5, 0.6) is 5.88 Å². The molecule has 3 aromatic rings. The van der Waals surface area contributed by atoms with Crippen LogP contribution in [0.25, 0.3) is 27.9 Å². The molecule has 7 nitrogen and oxygen atoms in total. The van der Waals surface area contributed by atoms with E-state index in [9.17, 15) is 13.6 Å². The summed E-state index contributed by atoms with van der Waals surface area (Å²) in [5.41, 5.74) is 2.04. The summed E-state index contributed by atoms with van der Waals surface area (Å²) in [7, 11) is 1.71. The molecule has 0 saturated heterocycles. The van der Waals surface area contributed by atoms with Crippen LogP contribution in [0.2, 0.25) is 5.02 Å². The second-order valence-corrected chi connectivity index (χ2v) is 7.46. The normalized spacial score (nSPS) is 14.8. The number of rotatable bonds is 6. The SMILES string of the molecule is CN/C=C1/C=C(n2nc3ccc(OCC(F)F)nc3c(-c3cccc(Cl)c3)c2=O)C=CC1=N. The molecule has 0 unspecified atom stereocenters. The molecule has 168 valence electrons. The third kappa shape index (κ3) is 4.68. The summed E-state index contributed by atoms with van der Waals surface area (Å²) in [6, 6.07) is 9.65. The second-order valence-electron chi connectivity index (χ2n) is 7.03. The maximum Gasteiger partial charge on any atom is 0.281 e. The lowest BCUT2D eigenvalue weighted by Gasteiger charge is -2.15. The number of alkyl halides is 2. The van der Waals surface area contributed by atoms with Crippen molar-refractivity contribution in [1.29, 1.82) is 5.41 Å². The first kappa shape index (κ1) is 22.3. The van der Waals surface area contributed by atoms with E-state index >= 15 is 0 Å². The molecule has 2 heterocycles. The van der Waals surface area contributed by atoms with Crippen molar-refractivity contribution in [2.24, 2.45) is 0 Å². The molecule has 0 bridgehead atoms. The third-order valence-electron chi connectivity index (χ3n) is 4.75. The maximum atomic E-state index is 13.6. The van der Waals surface area contributed by atoms with Crippen molar-refractivity contribution < 1.29 is 13.5 Å². The first-order chi connectivity index (χ1) is 15.9. The van der Waals surface area contributed by atoms with E-state index in [0.29, 0.717) is 27.4 Å². The van der Waals surface area contributed by atoms with Crippen LogP contribution in [0, 0.1) is 5.41 Å². The van der Waals surface area contributed by atoms with Gasteiger partial charge in [-0.15, -0.1) is 0 Å². The first-order valence-corrected chi connectivity index (χ1v) is 10.2. The highest BCUT2D eigenvalue weighted by Gasteiger charge is 2.19. The van der Waals surface area contributed by atoms with Gasteiger partial charge in [-0.25, -0.2) is 13.8 Å². The molecule has 0 aliphatic heterocycles. The van der Waals surface area contributed by atoms with Gasteiger partial charge in [-0.2, -0.15) is 9.78 Å². The summed E-state index contributed by atoms with van der Waals surface area (Å²) in [5.74, 6) is -0.0468. The zero-order valence-electron chi connectivity index (χ0n) is 17.3. The van der Waals surface area contributed by atoms with Gasteiger partial charge in [0.05, 0.1) is 17.0 Å². The summed E-state index contributed by atoms with van der Waals surface area (Å²) in [4.78, 5) is 17.9. The Balaban J connectivity index is 1.96. The highest BCUT2D eigenvalue weighted by atomic mass is 35.5. The van der Waals surface area contributed by atoms with Gasteiger partial charge in [0.1, 0.15) is 11.0 Å². The van der Waals surface area contributed by atoms with Crippen molar-refractivity contribution in [3.63, 3.8) is 0 Å². The van der Waals surface area contributed by atoms with E-state index < -0.39 is 18.6 Å². The minimum absolute atomic E-state index is 0.0468. The monoisotopic (exact) mass is 469 g/mol. The van der Waals surface area contributed by atoms with Gasteiger partial charge in [-0.1, -0.05) is 23.7 Å². The molecule has 33 heavy (non-hydrogen) atoms. The van der Waals surface area contributed by atoms with E-state index in [1.165, 1.54) is 10.7 Å². The Morgan fingerprint density at radius 2 is 2.09 bits per heavy atom. The standard InChI is InChI=1S/C23H18ClF2N5O2/c1-28-11-14-10-16(5-6-17(14)27)31-23(32)21(13-3-2-4-15(24)9-13)22-18(30-31)7-8-20(29-22)33-12-19(25)26/h2-11,19,27-28H,12H2,1H3/b14-11-,27-17?. The third-order valence-corrected chi connectivity index (χ3v) is 4.98. The van der Waals surface area contributed by atoms with E-state index in [1.807, 2.05) is 0 Å². The number of halogens is 3. The van der Waals surface area contributed by atoms with Crippen molar-refractivity contribution >= 4 is 34.0 Å². The number of hydrogen-bond donors (Lipinski definition) is 2. The summed E-state index contributed by atoms with van der Waals surface area (Å²) in [6.45, 7) is -0.820. The Morgan fingerprint density at radius 3 is 2.82 bits per heavy atom. The van der Waals surface area contributed by atoms with Crippen LogP contribution >= 0.6 is 11.6 Å². The van der Waals surface area contributed by atoms with E-state index in [1.54, 1.807) is 61.8 Å². The van der Waals surface area contributed by atoms with Crippen LogP contribution < -0.4 is 15.6 Å². The van der Waals surface area contributed by atoms with Crippen LogP contribution in [0.15, 0.2) is 71.2 Å². The molecule has 2 aromatic heterocycles. The predicted molar refractivity (Wildman–Crippen MR) is 124 cm³/mol. The molecule has 1 aliphatic carbocycles. The topological polar surface area (TPSA) is 92.9 Å². The van der Waals surface area contributed by atoms with Crippen molar-refractivity contribution in [3.05, 3.63) is 81.8 Å². The Kier molecular flexibility index (Phi) is 6.32. The van der Waals surface area contributed by atoms with Crippen LogP contribution in [0.4, 0.5) is 8.78 Å². The molecular weight excluding hydrogens is 452 g/mol. The summed E-state index contributed by atoms with van der Waals surface area (Å²) in [6.07, 6.45) is 3.82. The fourth-order valence-electron chi connectivity index (χ4n) is 3.32. The number of nitrogens with one attached hydrogen (secondary N) is 2. The van der Waals surface area contributed by atoms with Gasteiger partial charge in [0.25, 0.3) is 12.0 Å². The van der Waals surface area contributed by atoms with E-state index in [0.717, 1.165) is 0 Å². The highest BCUT2D eigenvalue weighted by molar-refractivity contribution is 6.30. The summed E-state index contributed by atoms with van der Waals surface area (Å²) >= 11 is 6.16. The summed E-state index contributed by atoms with van der Waals surface area (Å²) in [5, 5.41) is 15.8. The largest absolute Gasteiger partial charge is 0.472 e. The fraction of sp³-hybridized carbons (Fsp3) is 0.130. The number of ether oxygens (including phenoxy) is 1. The van der Waals surface area contributed by atoms with Gasteiger partial charge in [0.15, 0.2) is 6.61 Å². The van der Waals surface area contributed by atoms with Gasteiger partial charge >= 0.3 is 0 Å². The van der Waals surface area contributed by atoms with Crippen LogP contribution in [0.1, 0.15) is 0 Å². The maximum absolute atomic E-state index is 13.6. The predicted octanol–water partition coefficient (Wildman–Crippen LogP) is 4.29. The summed E-state index contributed by atoms with van der Waals surface area (Å²) < 4.78 is 31.4. The zero-order valence-corrected chi connectivity index (χ0v) is 18.1. The van der Waals surface area contributed by atoms with Crippen LogP contribution in [-0.2, 0) is 0 Å². The molecule has 2 N–H and O–H groups in total. The molecule has 1 aromatic carbocycles. The number of allylic oxidation sites excluding steroid dienone is 5. The number of fused-ring (bicyclic) bond motifs is 1. The lowest BCUT2D eigenvalue weighted by Crippen LogP contribution is -2.25. The molecule has 10 heteroatoms. The molecule has 4 rings (SSSR count). The molecule has 1 aliphatic rings. The van der Waals surface area contributed by atoms with Gasteiger partial charge in [-0.3, -0.25) is 4.79 Å². The van der Waals surface area contributed by atoms with Gasteiger partial charge in [-0.05, 0) is 42.0 Å². The second kappa shape index (κ2) is 9.33. The van der Waals surface area contributed by atoms with Crippen molar-refractivity contribution in [3.8, 4) is 17.0 Å². The van der Waals surface area contributed by atoms with Crippen LogP contribution in [-0.4, -0.2) is 40.6 Å². The average Bonchev–Trinajstić information content (AvgIpc) is 2.79. The quantitative estimate of drug-likeness (QED) is 0.562. The Labute approximate surface area is 192 Å². The molecule has 0 fully saturated rings. The van der Waals surface area contributed by atoms with E-state index in [-0.39, 0.29) is 22.7 Å². The Hall–Kier alpha value is -3.85. The number of pyridine rings is 1. The molecule has 0 atom stereocenters. The molecule has 0 spiro atoms. The van der Waals surface area contributed by atoms with E-state index in [4.69, 9.17) is 21.7 Å². The van der Waals surface area contributed by atoms with Gasteiger partial charge in [0, 0.05) is 29.9 Å². The first-order valence-electron chi connectivity index (χ1n) is 9.85. The number of aromatic nitrogens is 3. The molecular formula is C23H18ClF2N5O2. The number of benzene rings is 1. The minimum atomic E-state index is -2.66. The lowest BCUT2D eigenvalue weighted by molar-refractivity contribution is 0.0798. The number of hydrogen-bond acceptors (Lipinski definition) is 6. The van der Waals surface area contributed by atoms with Gasteiger partial charge in [0.2, 0.25) is 5.88 Å². The van der Waals surface area contributed by atoms with E-state index in [2.05, 4.69) is 15.4 Å². The van der Waals surface area contributed by atoms with Crippen molar-refractivity contribution in [2.45, 2.75) is 6.43 Å². The molecule has 0 radical (unpaired) electrons.